The van der Waals surface area contributed by atoms with Gasteiger partial charge in [-0.05, 0) is 38.3 Å². The number of carbonyl (C=O) groups excluding carboxylic acids is 2. The van der Waals surface area contributed by atoms with Crippen molar-refractivity contribution in [3.8, 4) is 0 Å². The molecule has 1 amide bonds. The van der Waals surface area contributed by atoms with Crippen LogP contribution in [0.5, 0.6) is 0 Å². The minimum Gasteiger partial charge on any atom is -0.461 e. The summed E-state index contributed by atoms with van der Waals surface area (Å²) in [6.45, 7) is 7.15. The zero-order valence-corrected chi connectivity index (χ0v) is 15.5. The Morgan fingerprint density at radius 3 is 2.92 bits per heavy atom. The number of ether oxygens (including phenoxy) is 1. The maximum atomic E-state index is 12.5. The predicted octanol–water partition coefficient (Wildman–Crippen LogP) is 3.41. The molecule has 1 saturated heterocycles. The summed E-state index contributed by atoms with van der Waals surface area (Å²) < 4.78 is 5.12. The van der Waals surface area contributed by atoms with Gasteiger partial charge in [-0.1, -0.05) is 25.1 Å². The van der Waals surface area contributed by atoms with Crippen LogP contribution < -0.4 is 5.32 Å². The van der Waals surface area contributed by atoms with Crippen molar-refractivity contribution in [3.05, 3.63) is 30.0 Å². The van der Waals surface area contributed by atoms with E-state index in [1.165, 1.54) is 12.8 Å². The van der Waals surface area contributed by atoms with Crippen molar-refractivity contribution in [2.75, 3.05) is 31.6 Å². The molecular weight excluding hydrogens is 330 g/mol. The Morgan fingerprint density at radius 1 is 1.35 bits per heavy atom. The molecule has 26 heavy (non-hydrogen) atoms. The number of fused-ring (bicyclic) bond motifs is 1. The van der Waals surface area contributed by atoms with Gasteiger partial charge in [0, 0.05) is 30.4 Å². The first kappa shape index (κ1) is 18.5. The number of esters is 1. The van der Waals surface area contributed by atoms with Gasteiger partial charge in [0.1, 0.15) is 5.69 Å². The molecule has 0 aliphatic carbocycles. The molecule has 2 N–H and O–H groups in total. The molecule has 0 bridgehead atoms. The minimum atomic E-state index is -0.455. The number of benzene rings is 1. The van der Waals surface area contributed by atoms with E-state index in [9.17, 15) is 9.59 Å². The van der Waals surface area contributed by atoms with Crippen molar-refractivity contribution in [2.24, 2.45) is 5.92 Å². The summed E-state index contributed by atoms with van der Waals surface area (Å²) in [4.78, 5) is 30.2. The van der Waals surface area contributed by atoms with Gasteiger partial charge in [0.25, 0.3) is 0 Å². The van der Waals surface area contributed by atoms with Crippen LogP contribution >= 0.6 is 0 Å². The number of hydrogen-bond donors (Lipinski definition) is 2. The van der Waals surface area contributed by atoms with Crippen LogP contribution in [0.2, 0.25) is 0 Å². The summed E-state index contributed by atoms with van der Waals surface area (Å²) in [6, 6.07) is 7.53. The molecular formula is C20H27N3O3. The summed E-state index contributed by atoms with van der Waals surface area (Å²) in [5.74, 6) is 0.151. The third kappa shape index (κ3) is 4.25. The van der Waals surface area contributed by atoms with Crippen LogP contribution in [-0.2, 0) is 9.53 Å². The van der Waals surface area contributed by atoms with E-state index in [2.05, 4.69) is 22.1 Å². The second-order valence-electron chi connectivity index (χ2n) is 6.99. The van der Waals surface area contributed by atoms with Crippen molar-refractivity contribution >= 4 is 28.5 Å². The molecule has 1 aromatic carbocycles. The maximum absolute atomic E-state index is 12.5. The lowest BCUT2D eigenvalue weighted by Gasteiger charge is -2.30. The minimum absolute atomic E-state index is 0.0847. The van der Waals surface area contributed by atoms with E-state index in [-0.39, 0.29) is 12.5 Å². The van der Waals surface area contributed by atoms with E-state index >= 15 is 0 Å². The Balaban J connectivity index is 1.71. The number of rotatable bonds is 6. The van der Waals surface area contributed by atoms with Crippen molar-refractivity contribution in [1.29, 1.82) is 0 Å². The Morgan fingerprint density at radius 2 is 2.15 bits per heavy atom. The van der Waals surface area contributed by atoms with Crippen molar-refractivity contribution in [2.45, 2.75) is 33.1 Å². The number of nitrogens with one attached hydrogen (secondary N) is 2. The van der Waals surface area contributed by atoms with Crippen LogP contribution in [0.25, 0.3) is 10.9 Å². The number of piperidine rings is 1. The van der Waals surface area contributed by atoms with Crippen LogP contribution in [0.4, 0.5) is 5.69 Å². The summed E-state index contributed by atoms with van der Waals surface area (Å²) >= 11 is 0. The smallest absolute Gasteiger partial charge is 0.356 e. The van der Waals surface area contributed by atoms with E-state index in [1.807, 2.05) is 24.3 Å². The van der Waals surface area contributed by atoms with E-state index in [1.54, 1.807) is 6.92 Å². The molecule has 6 nitrogen and oxygen atoms in total. The first-order valence-corrected chi connectivity index (χ1v) is 9.38. The van der Waals surface area contributed by atoms with Crippen LogP contribution in [0, 0.1) is 5.92 Å². The number of likely N-dealkylation sites (tertiary alicyclic amines) is 1. The fraction of sp³-hybridized carbons (Fsp3) is 0.500. The number of nitrogens with zero attached hydrogens (tertiary/aromatic N) is 1. The molecule has 3 rings (SSSR count). The molecule has 2 heterocycles. The zero-order valence-electron chi connectivity index (χ0n) is 15.5. The number of anilines is 1. The second kappa shape index (κ2) is 8.36. The topological polar surface area (TPSA) is 74.4 Å². The van der Waals surface area contributed by atoms with E-state index in [0.29, 0.717) is 23.7 Å². The molecule has 1 aliphatic rings. The van der Waals surface area contributed by atoms with Gasteiger partial charge in [-0.25, -0.2) is 4.79 Å². The van der Waals surface area contributed by atoms with E-state index in [4.69, 9.17) is 4.74 Å². The molecule has 2 aromatic rings. The fourth-order valence-corrected chi connectivity index (χ4v) is 3.58. The van der Waals surface area contributed by atoms with Crippen molar-refractivity contribution < 1.29 is 14.3 Å². The number of hydrogen-bond acceptors (Lipinski definition) is 4. The molecule has 1 aliphatic heterocycles. The van der Waals surface area contributed by atoms with Crippen LogP contribution in [-0.4, -0.2) is 48.0 Å². The quantitative estimate of drug-likeness (QED) is 0.777. The number of amides is 1. The summed E-state index contributed by atoms with van der Waals surface area (Å²) in [7, 11) is 0. The normalized spacial score (nSPS) is 18.0. The Bertz CT molecular complexity index is 784. The highest BCUT2D eigenvalue weighted by molar-refractivity contribution is 6.10. The molecule has 0 saturated carbocycles. The van der Waals surface area contributed by atoms with Crippen LogP contribution in [0.1, 0.15) is 43.6 Å². The largest absolute Gasteiger partial charge is 0.461 e. The molecule has 1 fully saturated rings. The molecule has 1 aromatic heterocycles. The summed E-state index contributed by atoms with van der Waals surface area (Å²) in [5, 5.41) is 3.74. The maximum Gasteiger partial charge on any atom is 0.356 e. The van der Waals surface area contributed by atoms with Crippen LogP contribution in [0.3, 0.4) is 0 Å². The molecule has 1 atom stereocenters. The third-order valence-electron chi connectivity index (χ3n) is 4.85. The lowest BCUT2D eigenvalue weighted by Crippen LogP contribution is -2.36. The summed E-state index contributed by atoms with van der Waals surface area (Å²) in [6.07, 6.45) is 2.87. The fourth-order valence-electron chi connectivity index (χ4n) is 3.58. The molecule has 6 heteroatoms. The number of H-pyrrole nitrogens is 1. The zero-order chi connectivity index (χ0) is 18.5. The van der Waals surface area contributed by atoms with Gasteiger partial charge >= 0.3 is 5.97 Å². The van der Waals surface area contributed by atoms with E-state index < -0.39 is 5.97 Å². The Kier molecular flexibility index (Phi) is 5.93. The Hall–Kier alpha value is -2.34. The van der Waals surface area contributed by atoms with Gasteiger partial charge in [-0.15, -0.1) is 0 Å². The monoisotopic (exact) mass is 357 g/mol. The molecule has 0 unspecified atom stereocenters. The van der Waals surface area contributed by atoms with Crippen molar-refractivity contribution in [1.82, 2.24) is 9.88 Å². The van der Waals surface area contributed by atoms with E-state index in [0.717, 1.165) is 30.5 Å². The number of carbonyl (C=O) groups is 2. The average Bonchev–Trinajstić information content (AvgIpc) is 2.99. The SMILES string of the molecule is CCOC(=O)c1[nH]c2ccccc2c1NC(=O)CCN1CCC[C@@H](C)C1. The highest BCUT2D eigenvalue weighted by Gasteiger charge is 2.21. The standard InChI is InChI=1S/C20H27N3O3/c1-3-26-20(25)19-18(15-8-4-5-9-16(15)21-19)22-17(24)10-12-23-11-6-7-14(2)13-23/h4-5,8-9,14,21H,3,6-7,10-13H2,1-2H3,(H,22,24)/t14-/m1/s1. The molecule has 0 spiro atoms. The first-order valence-electron chi connectivity index (χ1n) is 9.38. The Labute approximate surface area is 153 Å². The molecule has 0 radical (unpaired) electrons. The van der Waals surface area contributed by atoms with Crippen molar-refractivity contribution in [3.63, 3.8) is 0 Å². The highest BCUT2D eigenvalue weighted by atomic mass is 16.5. The summed E-state index contributed by atoms with van der Waals surface area (Å²) in [5.41, 5.74) is 1.61. The van der Waals surface area contributed by atoms with Gasteiger partial charge in [-0.2, -0.15) is 0 Å². The number of para-hydroxylation sites is 1. The third-order valence-corrected chi connectivity index (χ3v) is 4.85. The van der Waals surface area contributed by atoms with Gasteiger partial charge < -0.3 is 19.9 Å². The van der Waals surface area contributed by atoms with Gasteiger partial charge in [0.2, 0.25) is 5.91 Å². The first-order chi connectivity index (χ1) is 12.6. The van der Waals surface area contributed by atoms with Gasteiger partial charge in [0.05, 0.1) is 12.3 Å². The predicted molar refractivity (Wildman–Crippen MR) is 102 cm³/mol. The van der Waals surface area contributed by atoms with Crippen LogP contribution in [0.15, 0.2) is 24.3 Å². The lowest BCUT2D eigenvalue weighted by atomic mass is 10.0. The van der Waals surface area contributed by atoms with Gasteiger partial charge in [0.15, 0.2) is 0 Å². The molecule has 140 valence electrons. The number of aromatic nitrogens is 1. The highest BCUT2D eigenvalue weighted by Crippen LogP contribution is 2.28. The van der Waals surface area contributed by atoms with Gasteiger partial charge in [-0.3, -0.25) is 4.79 Å². The lowest BCUT2D eigenvalue weighted by molar-refractivity contribution is -0.116. The second-order valence-corrected chi connectivity index (χ2v) is 6.99. The number of aromatic amines is 1. The average molecular weight is 357 g/mol.